The second kappa shape index (κ2) is 28.0. The standard InChI is InChI=1S/C52H73N6S6/c1-3-5-7-9-11-13-15-17-19-21-23-25-27-29-31-39-33-35-59-49(39)51-53-37-41(61-51)43-45-47(57-63-55-45)44(48-46(43)56-64-58-48)42-38-54-52(62-42)50-40(34-36-60-50)32-30-28-26-24-22-20-18-16-14-12-10-8-6-4-2/h33-38,53H,3-32H2,1-2H3/q+1. The van der Waals surface area contributed by atoms with Gasteiger partial charge in [-0.25, -0.2) is 4.98 Å². The van der Waals surface area contributed by atoms with Gasteiger partial charge in [-0.15, -0.1) is 34.0 Å². The second-order valence-electron chi connectivity index (χ2n) is 18.0. The van der Waals surface area contributed by atoms with Crippen molar-refractivity contribution in [1.82, 2.24) is 27.5 Å². The van der Waals surface area contributed by atoms with E-state index < -0.39 is 0 Å². The zero-order valence-electron chi connectivity index (χ0n) is 38.9. The van der Waals surface area contributed by atoms with Crippen molar-refractivity contribution in [3.63, 3.8) is 0 Å². The van der Waals surface area contributed by atoms with E-state index in [0.29, 0.717) is 0 Å². The van der Waals surface area contributed by atoms with Gasteiger partial charge in [0.15, 0.2) is 0 Å². The van der Waals surface area contributed by atoms with E-state index in [1.165, 1.54) is 229 Å². The van der Waals surface area contributed by atoms with Crippen LogP contribution < -0.4 is 4.37 Å². The molecule has 0 aliphatic rings. The Morgan fingerprint density at radius 1 is 0.562 bits per heavy atom. The molecule has 64 heavy (non-hydrogen) atoms. The van der Waals surface area contributed by atoms with Crippen LogP contribution in [0.25, 0.3) is 62.7 Å². The number of hydrogen-bond acceptors (Lipinski definition) is 8. The van der Waals surface area contributed by atoms with Crippen molar-refractivity contribution in [1.29, 1.82) is 0 Å². The molecule has 0 saturated carbocycles. The van der Waals surface area contributed by atoms with Crippen LogP contribution in [0.4, 0.5) is 0 Å². The smallest absolute Gasteiger partial charge is 0.308 e. The summed E-state index contributed by atoms with van der Waals surface area (Å²) in [6.07, 6.45) is 45.3. The summed E-state index contributed by atoms with van der Waals surface area (Å²) in [5.74, 6) is 0. The van der Waals surface area contributed by atoms with E-state index in [2.05, 4.69) is 47.9 Å². The average Bonchev–Trinajstić information content (AvgIpc) is 4.17. The van der Waals surface area contributed by atoms with Gasteiger partial charge in [-0.2, -0.15) is 17.5 Å². The number of hydrogen-bond donors (Lipinski definition) is 1. The lowest BCUT2D eigenvalue weighted by atomic mass is 10.0. The molecule has 1 N–H and O–H groups in total. The number of H-pyrrole nitrogens is 1. The van der Waals surface area contributed by atoms with Crippen molar-refractivity contribution in [2.24, 2.45) is 0 Å². The van der Waals surface area contributed by atoms with Gasteiger partial charge in [0.25, 0.3) is 27.9 Å². The van der Waals surface area contributed by atoms with Crippen molar-refractivity contribution in [3.05, 3.63) is 46.4 Å². The lowest BCUT2D eigenvalue weighted by molar-refractivity contribution is 0.535. The fourth-order valence-corrected chi connectivity index (χ4v) is 14.5. The summed E-state index contributed by atoms with van der Waals surface area (Å²) < 4.78 is 19.6. The third-order valence-electron chi connectivity index (χ3n) is 13.0. The molecule has 1 aromatic carbocycles. The molecule has 6 heterocycles. The zero-order chi connectivity index (χ0) is 44.0. The number of aromatic amines is 1. The summed E-state index contributed by atoms with van der Waals surface area (Å²) in [5, 5.41) is 6.78. The van der Waals surface area contributed by atoms with Crippen LogP contribution in [-0.2, 0) is 12.8 Å². The molecular formula is C52H73N6S6+. The van der Waals surface area contributed by atoms with Gasteiger partial charge in [0.1, 0.15) is 20.9 Å². The number of thiophene rings is 2. The van der Waals surface area contributed by atoms with Crippen molar-refractivity contribution in [2.75, 3.05) is 0 Å². The van der Waals surface area contributed by atoms with Gasteiger partial charge in [0.2, 0.25) is 0 Å². The monoisotopic (exact) mass is 973 g/mol. The van der Waals surface area contributed by atoms with E-state index in [4.69, 9.17) is 22.5 Å². The summed E-state index contributed by atoms with van der Waals surface area (Å²) in [4.78, 5) is 13.5. The molecule has 0 amide bonds. The molecule has 0 spiro atoms. The van der Waals surface area contributed by atoms with Gasteiger partial charge in [-0.05, 0) is 59.7 Å². The van der Waals surface area contributed by atoms with Gasteiger partial charge in [-0.3, -0.25) is 0 Å². The molecule has 346 valence electrons. The highest BCUT2D eigenvalue weighted by molar-refractivity contribution is 7.23. The number of unbranched alkanes of at least 4 members (excludes halogenated alkanes) is 26. The highest BCUT2D eigenvalue weighted by Crippen LogP contribution is 2.47. The molecule has 0 aliphatic carbocycles. The topological polar surface area (TPSA) is 81.5 Å². The molecule has 7 aromatic rings. The van der Waals surface area contributed by atoms with E-state index in [-0.39, 0.29) is 0 Å². The van der Waals surface area contributed by atoms with Gasteiger partial charge in [0.05, 0.1) is 33.2 Å². The minimum atomic E-state index is 0.897. The van der Waals surface area contributed by atoms with E-state index >= 15 is 0 Å². The Balaban J connectivity index is 0.901. The van der Waals surface area contributed by atoms with Crippen LogP contribution in [0.5, 0.6) is 0 Å². The Morgan fingerprint density at radius 3 is 1.59 bits per heavy atom. The van der Waals surface area contributed by atoms with E-state index in [1.807, 2.05) is 28.9 Å². The van der Waals surface area contributed by atoms with Crippen molar-refractivity contribution in [2.45, 2.75) is 206 Å². The normalized spacial score (nSPS) is 11.9. The van der Waals surface area contributed by atoms with Crippen molar-refractivity contribution >= 4 is 90.9 Å². The maximum Gasteiger partial charge on any atom is 0.320 e. The number of rotatable bonds is 34. The van der Waals surface area contributed by atoms with Gasteiger partial charge in [-0.1, -0.05) is 181 Å². The quantitative estimate of drug-likeness (QED) is 0.0321. The van der Waals surface area contributed by atoms with Crippen molar-refractivity contribution < 1.29 is 0 Å². The van der Waals surface area contributed by atoms with Crippen LogP contribution in [0, 0.1) is 0 Å². The number of fused-ring (bicyclic) bond motifs is 2. The van der Waals surface area contributed by atoms with Gasteiger partial charge in [0, 0.05) is 22.8 Å². The minimum absolute atomic E-state index is 0.897. The van der Waals surface area contributed by atoms with Gasteiger partial charge >= 0.3 is 5.01 Å². The summed E-state index contributed by atoms with van der Waals surface area (Å²) in [7, 11) is 0. The first kappa shape index (κ1) is 49.4. The lowest BCUT2D eigenvalue weighted by Crippen LogP contribution is -1.88. The summed E-state index contributed by atoms with van der Waals surface area (Å²) in [5.41, 5.74) is 8.54. The van der Waals surface area contributed by atoms with Crippen LogP contribution in [0.3, 0.4) is 0 Å². The number of nitrogens with zero attached hydrogens (tertiary/aromatic N) is 5. The van der Waals surface area contributed by atoms with Crippen LogP contribution in [0.1, 0.15) is 205 Å². The predicted octanol–water partition coefficient (Wildman–Crippen LogP) is 19.5. The second-order valence-corrected chi connectivity index (χ2v) is 23.0. The molecule has 0 fully saturated rings. The maximum absolute atomic E-state index is 5.01. The van der Waals surface area contributed by atoms with Crippen LogP contribution in [-0.4, -0.2) is 23.1 Å². The van der Waals surface area contributed by atoms with E-state index in [0.717, 1.165) is 60.8 Å². The molecule has 0 aliphatic heterocycles. The van der Waals surface area contributed by atoms with Crippen LogP contribution >= 0.6 is 68.8 Å². The molecule has 6 nitrogen and oxygen atoms in total. The SMILES string of the molecule is CCCCCCCCCCCCCCCCc1ccsc1-c1ncc(-c2c3nsnc3c(-c3c[nH]c(-c4sccc4CCCCCCCCCCCCCCCC)[s+]3)c3[n-][s+]nc23)s1. The minimum Gasteiger partial charge on any atom is -0.308 e. The third kappa shape index (κ3) is 14.3. The average molecular weight is 975 g/mol. The molecule has 12 heteroatoms. The summed E-state index contributed by atoms with van der Waals surface area (Å²) in [6, 6.07) is 4.65. The fourth-order valence-electron chi connectivity index (χ4n) is 9.23. The molecule has 6 aromatic heterocycles. The van der Waals surface area contributed by atoms with Gasteiger partial charge < -0.3 is 4.98 Å². The van der Waals surface area contributed by atoms with Crippen LogP contribution in [0.15, 0.2) is 35.3 Å². The molecule has 0 unspecified atom stereocenters. The Hall–Kier alpha value is -2.48. The first-order valence-corrected chi connectivity index (χ1v) is 30.1. The molecule has 0 saturated heterocycles. The molecule has 0 radical (unpaired) electrons. The maximum atomic E-state index is 5.01. The largest absolute Gasteiger partial charge is 0.320 e. The fraction of sp³-hybridized carbons (Fsp3) is 0.615. The Kier molecular flexibility index (Phi) is 21.6. The zero-order valence-corrected chi connectivity index (χ0v) is 43.8. The number of thiazole rings is 2. The third-order valence-corrected chi connectivity index (χ3v) is 18.3. The number of aromatic nitrogens is 6. The van der Waals surface area contributed by atoms with E-state index in [1.54, 1.807) is 22.7 Å². The van der Waals surface area contributed by atoms with E-state index in [9.17, 15) is 0 Å². The predicted molar refractivity (Wildman–Crippen MR) is 286 cm³/mol. The summed E-state index contributed by atoms with van der Waals surface area (Å²) in [6.45, 7) is 4.60. The summed E-state index contributed by atoms with van der Waals surface area (Å²) >= 11 is 9.76. The molecule has 0 atom stereocenters. The number of nitrogens with one attached hydrogen (secondary N) is 1. The number of aryl methyl sites for hydroxylation is 2. The van der Waals surface area contributed by atoms with Crippen molar-refractivity contribution in [3.8, 4) is 40.7 Å². The highest BCUT2D eigenvalue weighted by atomic mass is 32.1. The Bertz CT molecular complexity index is 2130. The lowest BCUT2D eigenvalue weighted by Gasteiger charge is -2.05. The Morgan fingerprint density at radius 2 is 1.05 bits per heavy atom. The first-order valence-electron chi connectivity index (χ1n) is 25.3. The van der Waals surface area contributed by atoms with Crippen LogP contribution in [0.2, 0.25) is 0 Å². The highest BCUT2D eigenvalue weighted by Gasteiger charge is 2.29. The number of benzene rings is 1. The molecular weight excluding hydrogens is 901 g/mol. The first-order chi connectivity index (χ1) is 31.8. The molecule has 7 rings (SSSR count). The molecule has 0 bridgehead atoms. The Labute approximate surface area is 408 Å².